The molecule has 2 rings (SSSR count). The Bertz CT molecular complexity index is 775. The number of carboxylic acids is 1. The summed E-state index contributed by atoms with van der Waals surface area (Å²) < 4.78 is 0. The van der Waals surface area contributed by atoms with Crippen molar-refractivity contribution >= 4 is 17.9 Å². The normalized spacial score (nSPS) is 12.4. The van der Waals surface area contributed by atoms with Gasteiger partial charge >= 0.3 is 5.97 Å². The molecule has 0 saturated carbocycles. The van der Waals surface area contributed by atoms with Crippen molar-refractivity contribution in [3.63, 3.8) is 0 Å². The van der Waals surface area contributed by atoms with Crippen LogP contribution in [0.15, 0.2) is 47.6 Å². The van der Waals surface area contributed by atoms with Gasteiger partial charge in [0, 0.05) is 0 Å². The summed E-state index contributed by atoms with van der Waals surface area (Å²) in [6, 6.07) is 13.1. The highest BCUT2D eigenvalue weighted by Crippen LogP contribution is 2.32. The number of aromatic carboxylic acids is 1. The number of nitrogens with zero attached hydrogens (tertiary/aromatic N) is 1. The van der Waals surface area contributed by atoms with Gasteiger partial charge in [-0.2, -0.15) is 5.10 Å². The lowest BCUT2D eigenvalue weighted by Crippen LogP contribution is -2.16. The minimum Gasteiger partial charge on any atom is -0.478 e. The zero-order valence-corrected chi connectivity index (χ0v) is 16.4. The first kappa shape index (κ1) is 19.7. The highest BCUT2D eigenvalue weighted by molar-refractivity contribution is 5.89. The molecule has 0 unspecified atom stereocenters. The monoisotopic (exact) mass is 352 g/mol. The summed E-state index contributed by atoms with van der Waals surface area (Å²) in [5, 5.41) is 13.2. The van der Waals surface area contributed by atoms with Gasteiger partial charge < -0.3 is 5.11 Å². The number of rotatable bonds is 4. The number of anilines is 1. The number of benzene rings is 2. The molecule has 2 aromatic rings. The van der Waals surface area contributed by atoms with Crippen LogP contribution in [0.5, 0.6) is 0 Å². The Labute approximate surface area is 156 Å². The van der Waals surface area contributed by atoms with E-state index in [4.69, 9.17) is 5.11 Å². The molecule has 0 heterocycles. The molecule has 4 nitrogen and oxygen atoms in total. The zero-order valence-electron chi connectivity index (χ0n) is 16.4. The van der Waals surface area contributed by atoms with Crippen molar-refractivity contribution < 1.29 is 9.90 Å². The molecule has 0 radical (unpaired) electrons. The minimum atomic E-state index is -0.930. The first-order valence-electron chi connectivity index (χ1n) is 8.75. The molecule has 2 N–H and O–H groups in total. The number of nitrogens with one attached hydrogen (secondary N) is 1. The third-order valence-electron chi connectivity index (χ3n) is 4.23. The molecular weight excluding hydrogens is 324 g/mol. The SMILES string of the molecule is CC(C)(C)c1cc(N/N=C/c2ccc(C(=O)O)cc2)cc(C(C)(C)C)c1. The van der Waals surface area contributed by atoms with Gasteiger partial charge in [0.2, 0.25) is 0 Å². The fourth-order valence-electron chi connectivity index (χ4n) is 2.45. The highest BCUT2D eigenvalue weighted by Gasteiger charge is 2.20. The Balaban J connectivity index is 2.24. The van der Waals surface area contributed by atoms with E-state index in [0.29, 0.717) is 0 Å². The minimum absolute atomic E-state index is 0.0497. The Morgan fingerprint density at radius 2 is 1.42 bits per heavy atom. The third-order valence-corrected chi connectivity index (χ3v) is 4.23. The maximum Gasteiger partial charge on any atom is 0.335 e. The third kappa shape index (κ3) is 5.19. The maximum atomic E-state index is 10.9. The maximum absolute atomic E-state index is 10.9. The lowest BCUT2D eigenvalue weighted by Gasteiger charge is -2.26. The van der Waals surface area contributed by atoms with Gasteiger partial charge in [-0.05, 0) is 51.8 Å². The fourth-order valence-corrected chi connectivity index (χ4v) is 2.45. The summed E-state index contributed by atoms with van der Waals surface area (Å²) in [7, 11) is 0. The molecule has 0 aliphatic rings. The lowest BCUT2D eigenvalue weighted by molar-refractivity contribution is 0.0697. The summed E-state index contributed by atoms with van der Waals surface area (Å²) in [6.07, 6.45) is 1.69. The van der Waals surface area contributed by atoms with Crippen LogP contribution in [0.2, 0.25) is 0 Å². The quantitative estimate of drug-likeness (QED) is 0.570. The van der Waals surface area contributed by atoms with Crippen LogP contribution in [-0.2, 0) is 10.8 Å². The average Bonchev–Trinajstić information content (AvgIpc) is 2.53. The van der Waals surface area contributed by atoms with Gasteiger partial charge in [0.1, 0.15) is 0 Å². The molecule has 0 aliphatic heterocycles. The number of carboxylic acid groups (broad SMARTS) is 1. The van der Waals surface area contributed by atoms with Crippen LogP contribution in [0.4, 0.5) is 5.69 Å². The second-order valence-corrected chi connectivity index (χ2v) is 8.60. The first-order valence-corrected chi connectivity index (χ1v) is 8.75. The van der Waals surface area contributed by atoms with Crippen molar-refractivity contribution in [2.45, 2.75) is 52.4 Å². The van der Waals surface area contributed by atoms with E-state index in [1.54, 1.807) is 30.5 Å². The molecule has 0 atom stereocenters. The number of hydrogen-bond donors (Lipinski definition) is 2. The Morgan fingerprint density at radius 1 is 0.923 bits per heavy atom. The standard InChI is InChI=1S/C22H28N2O2/c1-21(2,3)17-11-18(22(4,5)6)13-19(12-17)24-23-14-15-7-9-16(10-8-15)20(25)26/h7-14,24H,1-6H3,(H,25,26)/b23-14+. The molecule has 0 aromatic heterocycles. The predicted molar refractivity (Wildman–Crippen MR) is 108 cm³/mol. The molecular formula is C22H28N2O2. The number of hydrazone groups is 1. The molecule has 0 aliphatic carbocycles. The lowest BCUT2D eigenvalue weighted by atomic mass is 9.80. The van der Waals surface area contributed by atoms with Crippen molar-refractivity contribution in [2.75, 3.05) is 5.43 Å². The van der Waals surface area contributed by atoms with Gasteiger partial charge in [0.15, 0.2) is 0 Å². The largest absolute Gasteiger partial charge is 0.478 e. The number of hydrogen-bond acceptors (Lipinski definition) is 3. The van der Waals surface area contributed by atoms with Gasteiger partial charge in [-0.15, -0.1) is 0 Å². The van der Waals surface area contributed by atoms with Crippen LogP contribution in [0, 0.1) is 0 Å². The summed E-state index contributed by atoms with van der Waals surface area (Å²) in [6.45, 7) is 13.2. The van der Waals surface area contributed by atoms with E-state index in [2.05, 4.69) is 70.3 Å². The predicted octanol–water partition coefficient (Wildman–Crippen LogP) is 5.43. The Morgan fingerprint density at radius 3 is 1.85 bits per heavy atom. The van der Waals surface area contributed by atoms with Crippen LogP contribution in [0.25, 0.3) is 0 Å². The van der Waals surface area contributed by atoms with Crippen molar-refractivity contribution in [1.29, 1.82) is 0 Å². The van der Waals surface area contributed by atoms with Gasteiger partial charge in [-0.3, -0.25) is 5.43 Å². The van der Waals surface area contributed by atoms with Gasteiger partial charge in [0.05, 0.1) is 17.5 Å². The molecule has 138 valence electrons. The average molecular weight is 352 g/mol. The summed E-state index contributed by atoms with van der Waals surface area (Å²) in [5.74, 6) is -0.930. The van der Waals surface area contributed by atoms with Crippen molar-refractivity contribution in [1.82, 2.24) is 0 Å². The van der Waals surface area contributed by atoms with E-state index >= 15 is 0 Å². The van der Waals surface area contributed by atoms with Gasteiger partial charge in [-0.1, -0.05) is 59.7 Å². The zero-order chi connectivity index (χ0) is 19.5. The molecule has 26 heavy (non-hydrogen) atoms. The van der Waals surface area contributed by atoms with E-state index in [-0.39, 0.29) is 16.4 Å². The molecule has 0 fully saturated rings. The van der Waals surface area contributed by atoms with Crippen molar-refractivity contribution in [2.24, 2.45) is 5.10 Å². The molecule has 0 amide bonds. The van der Waals surface area contributed by atoms with E-state index < -0.39 is 5.97 Å². The van der Waals surface area contributed by atoms with Crippen LogP contribution in [0.3, 0.4) is 0 Å². The van der Waals surface area contributed by atoms with Gasteiger partial charge in [-0.25, -0.2) is 4.79 Å². The van der Waals surface area contributed by atoms with Gasteiger partial charge in [0.25, 0.3) is 0 Å². The Kier molecular flexibility index (Phi) is 5.55. The molecule has 0 spiro atoms. The first-order chi connectivity index (χ1) is 12.0. The fraction of sp³-hybridized carbons (Fsp3) is 0.364. The molecule has 0 saturated heterocycles. The van der Waals surface area contributed by atoms with Crippen LogP contribution < -0.4 is 5.43 Å². The van der Waals surface area contributed by atoms with Crippen molar-refractivity contribution in [3.8, 4) is 0 Å². The summed E-state index contributed by atoms with van der Waals surface area (Å²) in [4.78, 5) is 10.9. The molecule has 2 aromatic carbocycles. The summed E-state index contributed by atoms with van der Waals surface area (Å²) in [5.41, 5.74) is 7.77. The van der Waals surface area contributed by atoms with E-state index in [9.17, 15) is 4.79 Å². The van der Waals surface area contributed by atoms with Crippen LogP contribution in [-0.4, -0.2) is 17.3 Å². The molecule has 4 heteroatoms. The second-order valence-electron chi connectivity index (χ2n) is 8.60. The van der Waals surface area contributed by atoms with E-state index in [1.165, 1.54) is 11.1 Å². The summed E-state index contributed by atoms with van der Waals surface area (Å²) >= 11 is 0. The van der Waals surface area contributed by atoms with Crippen molar-refractivity contribution in [3.05, 3.63) is 64.7 Å². The topological polar surface area (TPSA) is 61.7 Å². The second kappa shape index (κ2) is 7.32. The highest BCUT2D eigenvalue weighted by atomic mass is 16.4. The smallest absolute Gasteiger partial charge is 0.335 e. The van der Waals surface area contributed by atoms with Crippen LogP contribution in [0.1, 0.15) is 68.6 Å². The van der Waals surface area contributed by atoms with E-state index in [1.807, 2.05) is 0 Å². The van der Waals surface area contributed by atoms with E-state index in [0.717, 1.165) is 11.3 Å². The Hall–Kier alpha value is -2.62. The molecule has 0 bridgehead atoms. The number of carbonyl (C=O) groups is 1. The van der Waals surface area contributed by atoms with Crippen LogP contribution >= 0.6 is 0 Å².